The van der Waals surface area contributed by atoms with Gasteiger partial charge in [-0.25, -0.2) is 4.98 Å². The molecule has 166 valence electrons. The average molecular weight is 463 g/mol. The molecule has 0 radical (unpaired) electrons. The highest BCUT2D eigenvalue weighted by Gasteiger charge is 2.32. The van der Waals surface area contributed by atoms with Crippen molar-refractivity contribution >= 4 is 29.2 Å². The van der Waals surface area contributed by atoms with Gasteiger partial charge >= 0.3 is 6.18 Å². The summed E-state index contributed by atoms with van der Waals surface area (Å²) in [6, 6.07) is 8.99. The number of allylic oxidation sites excluding steroid dienone is 1. The maximum atomic E-state index is 13.1. The molecule has 0 spiro atoms. The van der Waals surface area contributed by atoms with E-state index in [0.717, 1.165) is 11.6 Å². The van der Waals surface area contributed by atoms with E-state index in [4.69, 9.17) is 16.3 Å². The van der Waals surface area contributed by atoms with Gasteiger partial charge in [-0.3, -0.25) is 0 Å². The predicted molar refractivity (Wildman–Crippen MR) is 115 cm³/mol. The summed E-state index contributed by atoms with van der Waals surface area (Å²) in [5.41, 5.74) is 0.530. The fourth-order valence-corrected chi connectivity index (χ4v) is 3.24. The van der Waals surface area contributed by atoms with Crippen LogP contribution in [0.4, 0.5) is 30.8 Å². The SMILES string of the molecule is FC(F)(F)c1cccc(-c2nc3nc(n2)Nc2cc(Cl)cc(c2)C/C=C\COCCN3)n1. The highest BCUT2D eigenvalue weighted by molar-refractivity contribution is 6.31. The second-order valence-corrected chi connectivity index (χ2v) is 7.30. The van der Waals surface area contributed by atoms with Crippen LogP contribution in [0.2, 0.25) is 5.02 Å². The third-order valence-electron chi connectivity index (χ3n) is 4.38. The fourth-order valence-electron chi connectivity index (χ4n) is 2.99. The summed E-state index contributed by atoms with van der Waals surface area (Å²) in [7, 11) is 0. The maximum absolute atomic E-state index is 13.1. The first kappa shape index (κ1) is 22.0. The van der Waals surface area contributed by atoms with Crippen molar-refractivity contribution in [2.24, 2.45) is 0 Å². The molecule has 1 aliphatic heterocycles. The lowest BCUT2D eigenvalue weighted by Crippen LogP contribution is -2.14. The number of hydrogen-bond donors (Lipinski definition) is 2. The van der Waals surface area contributed by atoms with Crippen molar-refractivity contribution in [1.29, 1.82) is 0 Å². The van der Waals surface area contributed by atoms with E-state index in [1.807, 2.05) is 24.3 Å². The van der Waals surface area contributed by atoms with E-state index in [1.54, 1.807) is 6.07 Å². The molecule has 0 saturated heterocycles. The van der Waals surface area contributed by atoms with Crippen LogP contribution in [0.1, 0.15) is 11.3 Å². The van der Waals surface area contributed by atoms with Gasteiger partial charge in [0.05, 0.1) is 13.2 Å². The number of halogens is 4. The molecule has 0 atom stereocenters. The Morgan fingerprint density at radius 1 is 0.969 bits per heavy atom. The summed E-state index contributed by atoms with van der Waals surface area (Å²) in [6.07, 6.45) is -0.0278. The minimum Gasteiger partial charge on any atom is -0.376 e. The largest absolute Gasteiger partial charge is 0.433 e. The number of nitrogens with one attached hydrogen (secondary N) is 2. The number of hydrogen-bond acceptors (Lipinski definition) is 7. The molecule has 32 heavy (non-hydrogen) atoms. The highest BCUT2D eigenvalue weighted by Crippen LogP contribution is 2.29. The summed E-state index contributed by atoms with van der Waals surface area (Å²) in [5.74, 6) is 0.300. The normalized spacial score (nSPS) is 15.6. The van der Waals surface area contributed by atoms with Crippen molar-refractivity contribution in [2.75, 3.05) is 30.4 Å². The van der Waals surface area contributed by atoms with Crippen molar-refractivity contribution < 1.29 is 17.9 Å². The van der Waals surface area contributed by atoms with Crippen molar-refractivity contribution in [3.63, 3.8) is 0 Å². The van der Waals surface area contributed by atoms with E-state index in [-0.39, 0.29) is 23.4 Å². The lowest BCUT2D eigenvalue weighted by Gasteiger charge is -2.12. The Morgan fingerprint density at radius 2 is 1.81 bits per heavy atom. The number of rotatable bonds is 1. The van der Waals surface area contributed by atoms with Crippen molar-refractivity contribution in [2.45, 2.75) is 12.6 Å². The molecular weight excluding hydrogens is 445 g/mol. The molecule has 0 amide bonds. The molecule has 3 heterocycles. The van der Waals surface area contributed by atoms with E-state index >= 15 is 0 Å². The molecule has 2 aromatic heterocycles. The molecular formula is C21H18ClF3N6O. The zero-order chi connectivity index (χ0) is 22.6. The van der Waals surface area contributed by atoms with Crippen LogP contribution < -0.4 is 10.6 Å². The minimum atomic E-state index is -4.58. The molecule has 1 aliphatic rings. The Bertz CT molecular complexity index is 1140. The van der Waals surface area contributed by atoms with E-state index in [0.29, 0.717) is 36.9 Å². The second kappa shape index (κ2) is 9.49. The maximum Gasteiger partial charge on any atom is 0.433 e. The van der Waals surface area contributed by atoms with E-state index in [9.17, 15) is 13.2 Å². The van der Waals surface area contributed by atoms with Crippen LogP contribution in [0.25, 0.3) is 11.5 Å². The van der Waals surface area contributed by atoms with Crippen LogP contribution in [0.5, 0.6) is 0 Å². The van der Waals surface area contributed by atoms with Gasteiger partial charge in [-0.2, -0.15) is 28.1 Å². The van der Waals surface area contributed by atoms with Crippen molar-refractivity contribution in [3.05, 3.63) is 64.8 Å². The van der Waals surface area contributed by atoms with Crippen LogP contribution >= 0.6 is 11.6 Å². The predicted octanol–water partition coefficient (Wildman–Crippen LogP) is 4.89. The molecule has 0 unspecified atom stereocenters. The number of alkyl halides is 3. The van der Waals surface area contributed by atoms with Gasteiger partial charge in [0.15, 0.2) is 5.82 Å². The number of nitrogens with zero attached hydrogens (tertiary/aromatic N) is 4. The van der Waals surface area contributed by atoms with Gasteiger partial charge in [0.1, 0.15) is 11.4 Å². The lowest BCUT2D eigenvalue weighted by molar-refractivity contribution is -0.141. The summed E-state index contributed by atoms with van der Waals surface area (Å²) in [4.78, 5) is 16.5. The van der Waals surface area contributed by atoms with E-state index in [2.05, 4.69) is 30.6 Å². The lowest BCUT2D eigenvalue weighted by atomic mass is 10.1. The Kier molecular flexibility index (Phi) is 6.52. The van der Waals surface area contributed by atoms with Gasteiger partial charge in [-0.15, -0.1) is 0 Å². The zero-order valence-electron chi connectivity index (χ0n) is 16.7. The summed E-state index contributed by atoms with van der Waals surface area (Å²) >= 11 is 6.24. The van der Waals surface area contributed by atoms with E-state index in [1.165, 1.54) is 12.1 Å². The Balaban J connectivity index is 1.74. The Hall–Kier alpha value is -3.24. The third kappa shape index (κ3) is 5.71. The molecule has 4 bridgehead atoms. The van der Waals surface area contributed by atoms with Gasteiger partial charge in [0.2, 0.25) is 11.9 Å². The minimum absolute atomic E-state index is 0.00903. The number of fused-ring (bicyclic) bond motifs is 4. The Morgan fingerprint density at radius 3 is 2.66 bits per heavy atom. The number of aromatic nitrogens is 4. The van der Waals surface area contributed by atoms with Crippen LogP contribution in [0.3, 0.4) is 0 Å². The van der Waals surface area contributed by atoms with Crippen LogP contribution in [0.15, 0.2) is 48.6 Å². The molecule has 7 nitrogen and oxygen atoms in total. The molecule has 2 N–H and O–H groups in total. The number of ether oxygens (including phenoxy) is 1. The molecule has 11 heteroatoms. The fraction of sp³-hybridized carbons (Fsp3) is 0.238. The molecule has 0 aliphatic carbocycles. The Labute approximate surface area is 186 Å². The quantitative estimate of drug-likeness (QED) is 0.498. The number of benzene rings is 1. The monoisotopic (exact) mass is 462 g/mol. The summed E-state index contributed by atoms with van der Waals surface area (Å²) < 4.78 is 44.9. The van der Waals surface area contributed by atoms with E-state index < -0.39 is 11.9 Å². The van der Waals surface area contributed by atoms with Crippen molar-refractivity contribution in [1.82, 2.24) is 19.9 Å². The topological polar surface area (TPSA) is 84.9 Å². The second-order valence-electron chi connectivity index (χ2n) is 6.86. The molecule has 1 aromatic carbocycles. The first-order valence-electron chi connectivity index (χ1n) is 9.71. The van der Waals surface area contributed by atoms with Gasteiger partial charge in [-0.1, -0.05) is 29.8 Å². The van der Waals surface area contributed by atoms with Gasteiger partial charge in [0.25, 0.3) is 0 Å². The standard InChI is InChI=1S/C21H18ClF3N6O/c22-14-10-13-4-1-2-8-32-9-7-26-19-29-18(30-20(31-19)27-15(11-13)12-14)16-5-3-6-17(28-16)21(23,24)25/h1-3,5-6,10-12H,4,7-9H2,(H2,26,27,29,30,31)/b2-1-. The molecule has 3 aromatic rings. The van der Waals surface area contributed by atoms with Crippen LogP contribution in [-0.2, 0) is 17.3 Å². The smallest absolute Gasteiger partial charge is 0.376 e. The van der Waals surface area contributed by atoms with Crippen LogP contribution in [0, 0.1) is 0 Å². The zero-order valence-corrected chi connectivity index (χ0v) is 17.4. The first-order valence-corrected chi connectivity index (χ1v) is 10.1. The third-order valence-corrected chi connectivity index (χ3v) is 4.60. The average Bonchev–Trinajstić information content (AvgIpc) is 2.74. The summed E-state index contributed by atoms with van der Waals surface area (Å²) in [6.45, 7) is 1.22. The summed E-state index contributed by atoms with van der Waals surface area (Å²) in [5, 5.41) is 6.58. The highest BCUT2D eigenvalue weighted by atomic mass is 35.5. The van der Waals surface area contributed by atoms with Crippen molar-refractivity contribution in [3.8, 4) is 11.5 Å². The van der Waals surface area contributed by atoms with Gasteiger partial charge in [-0.05, 0) is 42.3 Å². The number of pyridine rings is 1. The molecule has 4 rings (SSSR count). The number of anilines is 3. The van der Waals surface area contributed by atoms with Crippen LogP contribution in [-0.4, -0.2) is 39.7 Å². The molecule has 0 saturated carbocycles. The molecule has 0 fully saturated rings. The van der Waals surface area contributed by atoms with Gasteiger partial charge < -0.3 is 15.4 Å². The van der Waals surface area contributed by atoms with Gasteiger partial charge in [0, 0.05) is 17.3 Å². The first-order chi connectivity index (χ1) is 15.4.